The van der Waals surface area contributed by atoms with Crippen molar-refractivity contribution in [1.29, 1.82) is 0 Å². The second-order valence-corrected chi connectivity index (χ2v) is 9.87. The van der Waals surface area contributed by atoms with Crippen LogP contribution >= 0.6 is 10.9 Å². The molecule has 3 aromatic rings. The van der Waals surface area contributed by atoms with Gasteiger partial charge in [0.15, 0.2) is 5.75 Å². The molecule has 0 amide bonds. The first-order chi connectivity index (χ1) is 15.5. The predicted octanol–water partition coefficient (Wildman–Crippen LogP) is 5.23. The number of hydrogen-bond acceptors (Lipinski definition) is 10. The average Bonchev–Trinajstić information content (AvgIpc) is 3.49. The fourth-order valence-corrected chi connectivity index (χ4v) is 4.70. The minimum absolute atomic E-state index is 0.224. The lowest BCUT2D eigenvalue weighted by atomic mass is 10.1. The van der Waals surface area contributed by atoms with Gasteiger partial charge in [0, 0.05) is 11.3 Å². The summed E-state index contributed by atoms with van der Waals surface area (Å²) in [4.78, 5) is -0.388. The van der Waals surface area contributed by atoms with E-state index in [0.717, 1.165) is 0 Å². The van der Waals surface area contributed by atoms with Crippen molar-refractivity contribution in [1.82, 2.24) is 0 Å². The van der Waals surface area contributed by atoms with Crippen molar-refractivity contribution < 1.29 is 40.7 Å². The SMILES string of the molecule is COc1cc(C2CC2OS(=O)(=O)O)ccc1N=Nc1c(S(O)(O)O)cc2ccccc2c1O. The van der Waals surface area contributed by atoms with E-state index < -0.39 is 27.4 Å². The van der Waals surface area contributed by atoms with E-state index in [1.807, 2.05) is 0 Å². The lowest BCUT2D eigenvalue weighted by Crippen LogP contribution is -2.06. The Morgan fingerprint density at radius 3 is 2.39 bits per heavy atom. The zero-order valence-corrected chi connectivity index (χ0v) is 18.7. The molecule has 1 fully saturated rings. The molecule has 2 unspecified atom stereocenters. The van der Waals surface area contributed by atoms with Crippen molar-refractivity contribution in [2.75, 3.05) is 7.11 Å². The van der Waals surface area contributed by atoms with Crippen molar-refractivity contribution in [2.24, 2.45) is 10.2 Å². The number of phenols is 1. The standard InChI is InChI=1S/C20H20N2O9S2/c1-30-17-8-12(14-10-16(14)31-33(27,28)29)6-7-15(17)21-22-19-18(32(24,25)26)9-11-4-2-3-5-13(11)20(19)23/h2-9,14,16,23-26H,10H2,1H3,(H,27,28,29). The van der Waals surface area contributed by atoms with E-state index in [9.17, 15) is 27.2 Å². The Balaban J connectivity index is 1.69. The van der Waals surface area contributed by atoms with Crippen LogP contribution in [0.1, 0.15) is 17.9 Å². The van der Waals surface area contributed by atoms with Gasteiger partial charge in [-0.15, -0.1) is 10.2 Å². The topological polar surface area (TPSA) is 178 Å². The molecule has 0 bridgehead atoms. The third kappa shape index (κ3) is 5.09. The number of aromatic hydroxyl groups is 1. The number of ether oxygens (including phenoxy) is 1. The zero-order valence-electron chi connectivity index (χ0n) is 17.1. The molecule has 1 aliphatic rings. The van der Waals surface area contributed by atoms with Crippen LogP contribution in [0.5, 0.6) is 11.5 Å². The van der Waals surface area contributed by atoms with Crippen molar-refractivity contribution >= 4 is 43.4 Å². The number of methoxy groups -OCH3 is 1. The summed E-state index contributed by atoms with van der Waals surface area (Å²) in [6.07, 6.45) is -0.281. The van der Waals surface area contributed by atoms with E-state index in [1.54, 1.807) is 36.4 Å². The Kier molecular flexibility index (Phi) is 6.05. The van der Waals surface area contributed by atoms with Crippen LogP contribution in [0.2, 0.25) is 0 Å². The van der Waals surface area contributed by atoms with Gasteiger partial charge in [-0.1, -0.05) is 30.3 Å². The molecule has 0 spiro atoms. The maximum atomic E-state index is 10.9. The Morgan fingerprint density at radius 2 is 1.73 bits per heavy atom. The summed E-state index contributed by atoms with van der Waals surface area (Å²) in [6.45, 7) is 0. The number of hydrogen-bond donors (Lipinski definition) is 5. The number of fused-ring (bicyclic) bond motifs is 1. The summed E-state index contributed by atoms with van der Waals surface area (Å²) < 4.78 is 70.0. The van der Waals surface area contributed by atoms with Gasteiger partial charge < -0.3 is 23.5 Å². The molecule has 1 saturated carbocycles. The fraction of sp³-hybridized carbons (Fsp3) is 0.200. The summed E-state index contributed by atoms with van der Waals surface area (Å²) in [5, 5.41) is 19.5. The van der Waals surface area contributed by atoms with Crippen LogP contribution in [0, 0.1) is 0 Å². The molecule has 5 N–H and O–H groups in total. The number of benzene rings is 3. The molecule has 0 aliphatic heterocycles. The van der Waals surface area contributed by atoms with Gasteiger partial charge in [-0.2, -0.15) is 8.42 Å². The number of nitrogens with zero attached hydrogens (tertiary/aromatic N) is 2. The van der Waals surface area contributed by atoms with Crippen LogP contribution < -0.4 is 4.74 Å². The molecule has 33 heavy (non-hydrogen) atoms. The molecule has 3 aromatic carbocycles. The molecule has 2 atom stereocenters. The highest BCUT2D eigenvalue weighted by molar-refractivity contribution is 8.19. The van der Waals surface area contributed by atoms with Crippen LogP contribution in [0.15, 0.2) is 63.7 Å². The van der Waals surface area contributed by atoms with E-state index in [-0.39, 0.29) is 33.7 Å². The third-order valence-corrected chi connectivity index (χ3v) is 6.51. The van der Waals surface area contributed by atoms with E-state index in [1.165, 1.54) is 19.2 Å². The van der Waals surface area contributed by atoms with E-state index in [0.29, 0.717) is 22.8 Å². The smallest absolute Gasteiger partial charge is 0.397 e. The zero-order chi connectivity index (χ0) is 24.0. The van der Waals surface area contributed by atoms with Gasteiger partial charge in [-0.3, -0.25) is 4.55 Å². The van der Waals surface area contributed by atoms with Crippen LogP contribution in [0.4, 0.5) is 11.4 Å². The molecule has 0 saturated heterocycles. The summed E-state index contributed by atoms with van der Waals surface area (Å²) in [5.74, 6) is -0.379. The molecule has 176 valence electrons. The van der Waals surface area contributed by atoms with Crippen molar-refractivity contribution in [2.45, 2.75) is 23.3 Å². The monoisotopic (exact) mass is 496 g/mol. The summed E-state index contributed by atoms with van der Waals surface area (Å²) in [6, 6.07) is 12.7. The average molecular weight is 497 g/mol. The second kappa shape index (κ2) is 8.53. The lowest BCUT2D eigenvalue weighted by Gasteiger charge is -2.22. The van der Waals surface area contributed by atoms with Crippen molar-refractivity contribution in [3.8, 4) is 11.5 Å². The molecule has 0 radical (unpaired) electrons. The predicted molar refractivity (Wildman–Crippen MR) is 120 cm³/mol. The highest BCUT2D eigenvalue weighted by atomic mass is 32.3. The van der Waals surface area contributed by atoms with Gasteiger partial charge >= 0.3 is 10.4 Å². The van der Waals surface area contributed by atoms with E-state index in [2.05, 4.69) is 14.4 Å². The fourth-order valence-electron chi connectivity index (χ4n) is 3.49. The number of azo groups is 1. The highest BCUT2D eigenvalue weighted by Crippen LogP contribution is 2.54. The first kappa shape index (κ1) is 23.4. The van der Waals surface area contributed by atoms with Crippen LogP contribution in [0.3, 0.4) is 0 Å². The minimum Gasteiger partial charge on any atom is -0.505 e. The van der Waals surface area contributed by atoms with Gasteiger partial charge in [0.05, 0.1) is 18.1 Å². The van der Waals surface area contributed by atoms with Gasteiger partial charge in [0.1, 0.15) is 28.0 Å². The Labute approximate surface area is 190 Å². The molecule has 0 heterocycles. The normalized spacial score (nSPS) is 19.2. The highest BCUT2D eigenvalue weighted by Gasteiger charge is 2.43. The van der Waals surface area contributed by atoms with E-state index in [4.69, 9.17) is 9.29 Å². The summed E-state index contributed by atoms with van der Waals surface area (Å²) >= 11 is 0. The van der Waals surface area contributed by atoms with Gasteiger partial charge in [-0.25, -0.2) is 4.18 Å². The first-order valence-corrected chi connectivity index (χ1v) is 12.4. The van der Waals surface area contributed by atoms with Crippen molar-refractivity contribution in [3.63, 3.8) is 0 Å². The molecular weight excluding hydrogens is 476 g/mol. The minimum atomic E-state index is -4.55. The maximum Gasteiger partial charge on any atom is 0.397 e. The van der Waals surface area contributed by atoms with Gasteiger partial charge in [0.2, 0.25) is 0 Å². The molecule has 13 heteroatoms. The second-order valence-electron chi connectivity index (χ2n) is 7.35. The Hall–Kier alpha value is -2.78. The molecule has 4 rings (SSSR count). The molecular formula is C20H20N2O9S2. The van der Waals surface area contributed by atoms with Crippen LogP contribution in [-0.4, -0.2) is 44.9 Å². The molecule has 0 aromatic heterocycles. The quantitative estimate of drug-likeness (QED) is 0.216. The van der Waals surface area contributed by atoms with Gasteiger partial charge in [0.25, 0.3) is 0 Å². The summed E-state index contributed by atoms with van der Waals surface area (Å²) in [5.41, 5.74) is 0.603. The lowest BCUT2D eigenvalue weighted by molar-refractivity contribution is 0.253. The Morgan fingerprint density at radius 1 is 1.00 bits per heavy atom. The first-order valence-electron chi connectivity index (χ1n) is 9.48. The molecule has 11 nitrogen and oxygen atoms in total. The molecule has 1 aliphatic carbocycles. The van der Waals surface area contributed by atoms with Crippen molar-refractivity contribution in [3.05, 3.63) is 54.1 Å². The number of rotatable bonds is 7. The van der Waals surface area contributed by atoms with Crippen LogP contribution in [-0.2, 0) is 14.6 Å². The maximum absolute atomic E-state index is 10.9. The van der Waals surface area contributed by atoms with Crippen LogP contribution in [0.25, 0.3) is 10.8 Å². The third-order valence-electron chi connectivity index (χ3n) is 5.12. The summed E-state index contributed by atoms with van der Waals surface area (Å²) in [7, 11) is -7.39. The number of phenolic OH excluding ortho intramolecular Hbond substituents is 1. The largest absolute Gasteiger partial charge is 0.505 e. The van der Waals surface area contributed by atoms with E-state index >= 15 is 0 Å². The van der Waals surface area contributed by atoms with Gasteiger partial charge in [-0.05, 0) is 35.6 Å². The Bertz CT molecular complexity index is 1350.